The van der Waals surface area contributed by atoms with Crippen LogP contribution in [0.5, 0.6) is 0 Å². The number of carbonyl (C=O) groups is 2. The smallest absolute Gasteiger partial charge is 0.273 e. The van der Waals surface area contributed by atoms with Crippen LogP contribution >= 0.6 is 0 Å². The number of alkyl halides is 2. The molecule has 31 heavy (non-hydrogen) atoms. The number of ether oxygens (including phenoxy) is 1. The number of hydrogen-bond donors (Lipinski definition) is 2. The van der Waals surface area contributed by atoms with Crippen molar-refractivity contribution in [2.24, 2.45) is 5.73 Å². The summed E-state index contributed by atoms with van der Waals surface area (Å²) in [5, 5.41) is 6.91. The number of halogens is 3. The monoisotopic (exact) mass is 433 g/mol. The van der Waals surface area contributed by atoms with Gasteiger partial charge in [-0.2, -0.15) is 5.10 Å². The molecule has 2 heterocycles. The van der Waals surface area contributed by atoms with Gasteiger partial charge in [0.1, 0.15) is 22.8 Å². The third-order valence-electron chi connectivity index (χ3n) is 5.19. The van der Waals surface area contributed by atoms with Crippen molar-refractivity contribution in [3.63, 3.8) is 0 Å². The first-order chi connectivity index (χ1) is 14.7. The molecule has 1 aromatic carbocycles. The number of carbonyl (C=O) groups excluding carboxylic acids is 2. The summed E-state index contributed by atoms with van der Waals surface area (Å²) in [6, 6.07) is 3.74. The number of hydrogen-bond acceptors (Lipinski definition) is 5. The van der Waals surface area contributed by atoms with Gasteiger partial charge in [-0.3, -0.25) is 9.59 Å². The zero-order valence-corrected chi connectivity index (χ0v) is 16.4. The summed E-state index contributed by atoms with van der Waals surface area (Å²) in [6.45, 7) is -0.0284. The van der Waals surface area contributed by atoms with Gasteiger partial charge in [0, 0.05) is 25.3 Å². The van der Waals surface area contributed by atoms with E-state index in [0.29, 0.717) is 0 Å². The van der Waals surface area contributed by atoms with Crippen LogP contribution in [0.1, 0.15) is 56.6 Å². The highest BCUT2D eigenvalue weighted by Crippen LogP contribution is 2.44. The lowest BCUT2D eigenvalue weighted by Gasteiger charge is -2.31. The van der Waals surface area contributed by atoms with Gasteiger partial charge in [-0.25, -0.2) is 22.7 Å². The van der Waals surface area contributed by atoms with Crippen molar-refractivity contribution in [3.05, 3.63) is 64.4 Å². The Labute approximate surface area is 174 Å². The molecule has 11 heteroatoms. The minimum atomic E-state index is -3.18. The van der Waals surface area contributed by atoms with Crippen molar-refractivity contribution < 1.29 is 27.5 Å². The highest BCUT2D eigenvalue weighted by atomic mass is 19.3. The molecule has 0 radical (unpaired) electrons. The average Bonchev–Trinajstić information content (AvgIpc) is 3.09. The van der Waals surface area contributed by atoms with E-state index in [1.165, 1.54) is 25.4 Å². The van der Waals surface area contributed by atoms with E-state index in [-0.39, 0.29) is 41.2 Å². The Kier molecular flexibility index (Phi) is 5.13. The average molecular weight is 433 g/mol. The molecular formula is C20H18F3N5O3. The van der Waals surface area contributed by atoms with Crippen LogP contribution < -0.4 is 11.1 Å². The van der Waals surface area contributed by atoms with Crippen LogP contribution in [0, 0.1) is 5.82 Å². The van der Waals surface area contributed by atoms with E-state index in [1.54, 1.807) is 0 Å². The molecule has 2 aromatic heterocycles. The van der Waals surface area contributed by atoms with Crippen LogP contribution in [-0.4, -0.2) is 33.5 Å². The highest BCUT2D eigenvalue weighted by Gasteiger charge is 2.41. The molecule has 0 aliphatic heterocycles. The normalized spacial score (nSPS) is 17.4. The second-order valence-electron chi connectivity index (χ2n) is 7.19. The maximum Gasteiger partial charge on any atom is 0.273 e. The quantitative estimate of drug-likeness (QED) is 0.642. The number of nitrogens with two attached hydrogens (primary N) is 1. The van der Waals surface area contributed by atoms with Gasteiger partial charge < -0.3 is 15.8 Å². The van der Waals surface area contributed by atoms with Crippen molar-refractivity contribution in [1.82, 2.24) is 19.9 Å². The summed E-state index contributed by atoms with van der Waals surface area (Å²) in [5.74, 6) is -5.36. The van der Waals surface area contributed by atoms with Gasteiger partial charge in [0.25, 0.3) is 17.7 Å². The Morgan fingerprint density at radius 3 is 2.84 bits per heavy atom. The molecule has 1 atom stereocenters. The number of aromatic nitrogens is 3. The van der Waals surface area contributed by atoms with Gasteiger partial charge in [0.05, 0.1) is 12.6 Å². The van der Waals surface area contributed by atoms with Crippen molar-refractivity contribution in [1.29, 1.82) is 0 Å². The summed E-state index contributed by atoms with van der Waals surface area (Å²) < 4.78 is 48.2. The molecule has 0 saturated heterocycles. The number of amides is 2. The first-order valence-electron chi connectivity index (χ1n) is 9.37. The minimum Gasteiger partial charge on any atom is -0.378 e. The van der Waals surface area contributed by atoms with E-state index in [9.17, 15) is 22.8 Å². The predicted octanol–water partition coefficient (Wildman–Crippen LogP) is 2.47. The third-order valence-corrected chi connectivity index (χ3v) is 5.19. The van der Waals surface area contributed by atoms with Crippen LogP contribution in [0.25, 0.3) is 5.65 Å². The molecule has 0 spiro atoms. The van der Waals surface area contributed by atoms with Gasteiger partial charge >= 0.3 is 0 Å². The van der Waals surface area contributed by atoms with E-state index in [2.05, 4.69) is 15.4 Å². The molecule has 162 valence electrons. The molecule has 3 aromatic rings. The summed E-state index contributed by atoms with van der Waals surface area (Å²) in [5.41, 5.74) is 5.47. The number of nitrogens with zero attached hydrogens (tertiary/aromatic N) is 3. The van der Waals surface area contributed by atoms with Gasteiger partial charge in [-0.1, -0.05) is 6.07 Å². The van der Waals surface area contributed by atoms with Gasteiger partial charge in [0.2, 0.25) is 0 Å². The number of rotatable bonds is 5. The van der Waals surface area contributed by atoms with Crippen LogP contribution in [0.3, 0.4) is 0 Å². The number of nitrogens with one attached hydrogen (secondary N) is 1. The molecule has 1 aliphatic carbocycles. The maximum atomic E-state index is 14.3. The molecule has 1 unspecified atom stereocenters. The molecule has 1 aliphatic rings. The van der Waals surface area contributed by atoms with Crippen molar-refractivity contribution in [2.75, 3.05) is 7.11 Å². The van der Waals surface area contributed by atoms with Crippen LogP contribution in [-0.2, 0) is 17.3 Å². The Hall–Kier alpha value is -3.47. The van der Waals surface area contributed by atoms with Gasteiger partial charge in [-0.05, 0) is 30.2 Å². The molecule has 0 bridgehead atoms. The lowest BCUT2D eigenvalue weighted by Crippen LogP contribution is -2.35. The van der Waals surface area contributed by atoms with Gasteiger partial charge in [0.15, 0.2) is 5.65 Å². The first kappa shape index (κ1) is 20.8. The fourth-order valence-corrected chi connectivity index (χ4v) is 3.80. The standard InChI is InChI=1S/C20H18F3N5O3/c1-31-9-14-16(17(24)29)18-25-7-5-15(28(18)27-14)19(30)26-13-4-6-20(22,23)12-8-10(21)2-3-11(12)13/h2-3,5,7-8,13H,4,6,9H2,1H3,(H2,24,29)(H,26,30). The maximum absolute atomic E-state index is 14.3. The summed E-state index contributed by atoms with van der Waals surface area (Å²) >= 11 is 0. The molecule has 0 fully saturated rings. The third kappa shape index (κ3) is 3.61. The Balaban J connectivity index is 1.72. The molecule has 3 N–H and O–H groups in total. The zero-order valence-electron chi connectivity index (χ0n) is 16.4. The second-order valence-corrected chi connectivity index (χ2v) is 7.19. The SMILES string of the molecule is COCc1nn2c(C(=O)NC3CCC(F)(F)c4cc(F)ccc43)ccnc2c1C(N)=O. The van der Waals surface area contributed by atoms with Crippen molar-refractivity contribution in [2.45, 2.75) is 31.4 Å². The molecule has 2 amide bonds. The van der Waals surface area contributed by atoms with E-state index in [0.717, 1.165) is 16.6 Å². The highest BCUT2D eigenvalue weighted by molar-refractivity contribution is 6.01. The molecular weight excluding hydrogens is 415 g/mol. The van der Waals surface area contributed by atoms with Gasteiger partial charge in [-0.15, -0.1) is 0 Å². The summed E-state index contributed by atoms with van der Waals surface area (Å²) in [6.07, 6.45) is 0.741. The Morgan fingerprint density at radius 2 is 2.13 bits per heavy atom. The molecule has 8 nitrogen and oxygen atoms in total. The summed E-state index contributed by atoms with van der Waals surface area (Å²) in [7, 11) is 1.41. The van der Waals surface area contributed by atoms with Crippen molar-refractivity contribution in [3.8, 4) is 0 Å². The number of benzene rings is 1. The molecule has 0 saturated carbocycles. The van der Waals surface area contributed by atoms with Crippen LogP contribution in [0.4, 0.5) is 13.2 Å². The number of methoxy groups -OCH3 is 1. The minimum absolute atomic E-state index is 0.0228. The zero-order chi connectivity index (χ0) is 22.3. The lowest BCUT2D eigenvalue weighted by atomic mass is 9.85. The summed E-state index contributed by atoms with van der Waals surface area (Å²) in [4.78, 5) is 29.0. The Morgan fingerprint density at radius 1 is 1.35 bits per heavy atom. The largest absolute Gasteiger partial charge is 0.378 e. The van der Waals surface area contributed by atoms with E-state index in [1.807, 2.05) is 0 Å². The topological polar surface area (TPSA) is 112 Å². The first-order valence-corrected chi connectivity index (χ1v) is 9.37. The van der Waals surface area contributed by atoms with Crippen LogP contribution in [0.15, 0.2) is 30.5 Å². The van der Waals surface area contributed by atoms with E-state index >= 15 is 0 Å². The molecule has 4 rings (SSSR count). The fraction of sp³-hybridized carbons (Fsp3) is 0.300. The lowest BCUT2D eigenvalue weighted by molar-refractivity contribution is -0.0268. The predicted molar refractivity (Wildman–Crippen MR) is 102 cm³/mol. The van der Waals surface area contributed by atoms with Crippen LogP contribution in [0.2, 0.25) is 0 Å². The number of primary amides is 1. The fourth-order valence-electron chi connectivity index (χ4n) is 3.80. The van der Waals surface area contributed by atoms with E-state index < -0.39 is 41.6 Å². The van der Waals surface area contributed by atoms with E-state index in [4.69, 9.17) is 10.5 Å². The Bertz CT molecular complexity index is 1190. The second kappa shape index (κ2) is 7.65. The number of fused-ring (bicyclic) bond motifs is 2. The van der Waals surface area contributed by atoms with Crippen molar-refractivity contribution >= 4 is 17.5 Å².